The lowest BCUT2D eigenvalue weighted by molar-refractivity contribution is -0.130. The van der Waals surface area contributed by atoms with E-state index < -0.39 is 0 Å². The predicted molar refractivity (Wildman–Crippen MR) is 109 cm³/mol. The van der Waals surface area contributed by atoms with Crippen molar-refractivity contribution in [3.63, 3.8) is 0 Å². The molecule has 150 valence electrons. The molecule has 0 spiro atoms. The first-order chi connectivity index (χ1) is 13.0. The maximum Gasteiger partial charge on any atom is 0.227 e. The van der Waals surface area contributed by atoms with Crippen molar-refractivity contribution in [1.29, 1.82) is 0 Å². The molecule has 1 aromatic rings. The number of anilines is 1. The molecule has 0 aliphatic carbocycles. The minimum atomic E-state index is -0.119. The Morgan fingerprint density at radius 1 is 1.11 bits per heavy atom. The average molecular weight is 377 g/mol. The minimum Gasteiger partial charge on any atom is -0.357 e. The molecule has 0 aliphatic rings. The van der Waals surface area contributed by atoms with Crippen molar-refractivity contribution in [3.8, 4) is 0 Å². The van der Waals surface area contributed by atoms with Gasteiger partial charge in [-0.3, -0.25) is 14.6 Å². The Hall–Kier alpha value is -2.64. The van der Waals surface area contributed by atoms with Crippen LogP contribution in [0.3, 0.4) is 0 Å². The van der Waals surface area contributed by atoms with Crippen molar-refractivity contribution in [2.24, 2.45) is 4.99 Å². The fourth-order valence-corrected chi connectivity index (χ4v) is 2.38. The van der Waals surface area contributed by atoms with Crippen LogP contribution in [0.5, 0.6) is 0 Å². The number of carbonyl (C=O) groups is 2. The first-order valence-electron chi connectivity index (χ1n) is 9.52. The molecule has 0 aliphatic heterocycles. The Bertz CT molecular complexity index is 611. The molecule has 0 saturated heterocycles. The van der Waals surface area contributed by atoms with Crippen LogP contribution >= 0.6 is 0 Å². The van der Waals surface area contributed by atoms with Crippen LogP contribution in [0.1, 0.15) is 39.2 Å². The van der Waals surface area contributed by atoms with Gasteiger partial charge in [0.25, 0.3) is 0 Å². The van der Waals surface area contributed by atoms with E-state index in [0.717, 1.165) is 5.56 Å². The topological polar surface area (TPSA) is 98.7 Å². The Balaban J connectivity index is 2.39. The summed E-state index contributed by atoms with van der Waals surface area (Å²) in [5, 5.41) is 8.98. The van der Waals surface area contributed by atoms with Gasteiger partial charge in [0.05, 0.1) is 6.54 Å². The zero-order valence-electron chi connectivity index (χ0n) is 16.8. The number of amides is 2. The van der Waals surface area contributed by atoms with E-state index in [-0.39, 0.29) is 11.8 Å². The molecule has 3 N–H and O–H groups in total. The van der Waals surface area contributed by atoms with Gasteiger partial charge in [0.15, 0.2) is 5.96 Å². The van der Waals surface area contributed by atoms with E-state index in [4.69, 9.17) is 0 Å². The van der Waals surface area contributed by atoms with Crippen molar-refractivity contribution in [1.82, 2.24) is 20.5 Å². The van der Waals surface area contributed by atoms with Crippen LogP contribution in [0, 0.1) is 6.92 Å². The zero-order chi connectivity index (χ0) is 20.1. The highest BCUT2D eigenvalue weighted by atomic mass is 16.2. The molecule has 0 unspecified atom stereocenters. The maximum absolute atomic E-state index is 12.0. The van der Waals surface area contributed by atoms with E-state index >= 15 is 0 Å². The molecule has 0 aromatic carbocycles. The molecule has 0 saturated carbocycles. The number of carbonyl (C=O) groups excluding carboxylic acids is 2. The molecule has 1 rings (SSSR count). The largest absolute Gasteiger partial charge is 0.357 e. The smallest absolute Gasteiger partial charge is 0.227 e. The van der Waals surface area contributed by atoms with E-state index in [0.29, 0.717) is 57.3 Å². The standard InChI is InChI=1S/C19H32N6O2/c1-5-20-19(22-13-11-18(27)25(6-2)7-3)21-12-10-17(26)24-16-9-8-15(4)14-23-16/h8-9,14H,5-7,10-13H2,1-4H3,(H2,20,21,22)(H,23,24,26). The van der Waals surface area contributed by atoms with Gasteiger partial charge in [0.1, 0.15) is 5.82 Å². The predicted octanol–water partition coefficient (Wildman–Crippen LogP) is 1.53. The van der Waals surface area contributed by atoms with E-state index in [1.807, 2.05) is 33.8 Å². The van der Waals surface area contributed by atoms with Crippen LogP contribution in [0.2, 0.25) is 0 Å². The van der Waals surface area contributed by atoms with E-state index in [1.54, 1.807) is 17.2 Å². The number of pyridine rings is 1. The number of guanidine groups is 1. The monoisotopic (exact) mass is 376 g/mol. The van der Waals surface area contributed by atoms with Crippen molar-refractivity contribution in [3.05, 3.63) is 23.9 Å². The van der Waals surface area contributed by atoms with Gasteiger partial charge in [0, 0.05) is 45.2 Å². The normalized spacial score (nSPS) is 11.0. The van der Waals surface area contributed by atoms with Gasteiger partial charge >= 0.3 is 0 Å². The summed E-state index contributed by atoms with van der Waals surface area (Å²) in [5.74, 6) is 1.13. The third-order valence-corrected chi connectivity index (χ3v) is 3.88. The summed E-state index contributed by atoms with van der Waals surface area (Å²) in [5.41, 5.74) is 1.04. The van der Waals surface area contributed by atoms with Crippen LogP contribution in [-0.2, 0) is 9.59 Å². The first kappa shape index (κ1) is 22.4. The molecule has 0 radical (unpaired) electrons. The third-order valence-electron chi connectivity index (χ3n) is 3.88. The zero-order valence-corrected chi connectivity index (χ0v) is 16.8. The van der Waals surface area contributed by atoms with Gasteiger partial charge in [-0.2, -0.15) is 0 Å². The van der Waals surface area contributed by atoms with E-state index in [1.165, 1.54) is 0 Å². The number of aromatic nitrogens is 1. The molecule has 1 heterocycles. The van der Waals surface area contributed by atoms with Gasteiger partial charge in [-0.25, -0.2) is 4.98 Å². The number of nitrogens with zero attached hydrogens (tertiary/aromatic N) is 3. The molecule has 8 nitrogen and oxygen atoms in total. The van der Waals surface area contributed by atoms with Gasteiger partial charge in [-0.1, -0.05) is 6.07 Å². The highest BCUT2D eigenvalue weighted by Crippen LogP contribution is 2.03. The van der Waals surface area contributed by atoms with Gasteiger partial charge < -0.3 is 20.9 Å². The summed E-state index contributed by atoms with van der Waals surface area (Å²) in [7, 11) is 0. The number of aryl methyl sites for hydroxylation is 1. The fraction of sp³-hybridized carbons (Fsp3) is 0.579. The molecule has 0 atom stereocenters. The molecular formula is C19H32N6O2. The molecule has 0 bridgehead atoms. The average Bonchev–Trinajstić information content (AvgIpc) is 2.64. The van der Waals surface area contributed by atoms with Gasteiger partial charge in [-0.05, 0) is 39.3 Å². The first-order valence-corrected chi connectivity index (χ1v) is 9.52. The second kappa shape index (κ2) is 12.7. The van der Waals surface area contributed by atoms with Crippen molar-refractivity contribution >= 4 is 23.6 Å². The third kappa shape index (κ3) is 9.03. The molecule has 27 heavy (non-hydrogen) atoms. The van der Waals surface area contributed by atoms with Crippen molar-refractivity contribution in [2.45, 2.75) is 40.5 Å². The summed E-state index contributed by atoms with van der Waals surface area (Å²) in [4.78, 5) is 34.3. The number of hydrogen-bond donors (Lipinski definition) is 3. The summed E-state index contributed by atoms with van der Waals surface area (Å²) < 4.78 is 0. The van der Waals surface area contributed by atoms with Crippen LogP contribution in [0.25, 0.3) is 0 Å². The molecule has 2 amide bonds. The number of nitrogens with one attached hydrogen (secondary N) is 3. The summed E-state index contributed by atoms with van der Waals surface area (Å²) in [6, 6.07) is 3.68. The van der Waals surface area contributed by atoms with E-state index in [2.05, 4.69) is 25.9 Å². The quantitative estimate of drug-likeness (QED) is 0.425. The summed E-state index contributed by atoms with van der Waals surface area (Å²) in [6.45, 7) is 10.8. The van der Waals surface area contributed by atoms with Gasteiger partial charge in [0.2, 0.25) is 11.8 Å². The molecule has 0 fully saturated rings. The second-order valence-corrected chi connectivity index (χ2v) is 6.02. The highest BCUT2D eigenvalue weighted by molar-refractivity contribution is 5.90. The molecule has 8 heteroatoms. The van der Waals surface area contributed by atoms with Crippen molar-refractivity contribution in [2.75, 3.05) is 38.0 Å². The lowest BCUT2D eigenvalue weighted by Crippen LogP contribution is -2.39. The highest BCUT2D eigenvalue weighted by Gasteiger charge is 2.09. The number of aliphatic imine (C=N–C) groups is 1. The molecule has 1 aromatic heterocycles. The summed E-state index contributed by atoms with van der Waals surface area (Å²) in [6.07, 6.45) is 2.37. The maximum atomic E-state index is 12.0. The Kier molecular flexibility index (Phi) is 10.5. The Morgan fingerprint density at radius 2 is 1.85 bits per heavy atom. The van der Waals surface area contributed by atoms with Crippen LogP contribution < -0.4 is 16.0 Å². The lowest BCUT2D eigenvalue weighted by Gasteiger charge is -2.18. The fourth-order valence-electron chi connectivity index (χ4n) is 2.38. The Morgan fingerprint density at radius 3 is 2.44 bits per heavy atom. The van der Waals surface area contributed by atoms with Crippen molar-refractivity contribution < 1.29 is 9.59 Å². The summed E-state index contributed by atoms with van der Waals surface area (Å²) >= 11 is 0. The Labute approximate surface area is 161 Å². The van der Waals surface area contributed by atoms with Gasteiger partial charge in [-0.15, -0.1) is 0 Å². The number of hydrogen-bond acceptors (Lipinski definition) is 4. The van der Waals surface area contributed by atoms with E-state index in [9.17, 15) is 9.59 Å². The van der Waals surface area contributed by atoms with Crippen LogP contribution in [0.15, 0.2) is 23.3 Å². The number of rotatable bonds is 10. The van der Waals surface area contributed by atoms with Crippen LogP contribution in [-0.4, -0.2) is 60.4 Å². The molecular weight excluding hydrogens is 344 g/mol. The second-order valence-electron chi connectivity index (χ2n) is 6.02. The lowest BCUT2D eigenvalue weighted by atomic mass is 10.3. The minimum absolute atomic E-state index is 0.101. The van der Waals surface area contributed by atoms with Crippen LogP contribution in [0.4, 0.5) is 5.82 Å². The SMILES string of the molecule is CCNC(=NCCC(=O)N(CC)CC)NCCC(=O)Nc1ccc(C)cn1.